The number of halogens is 2. The maximum Gasteiger partial charge on any atom is 0.155 e. The third-order valence-electron chi connectivity index (χ3n) is 2.70. The highest BCUT2D eigenvalue weighted by molar-refractivity contribution is 6.32. The van der Waals surface area contributed by atoms with Crippen molar-refractivity contribution in [3.63, 3.8) is 0 Å². The summed E-state index contributed by atoms with van der Waals surface area (Å²) in [6.07, 6.45) is 1.44. The number of aryl methyl sites for hydroxylation is 1. The Kier molecular flexibility index (Phi) is 4.04. The third kappa shape index (κ3) is 2.57. The summed E-state index contributed by atoms with van der Waals surface area (Å²) in [7, 11) is 0. The zero-order valence-electron chi connectivity index (χ0n) is 9.86. The predicted octanol–water partition coefficient (Wildman–Crippen LogP) is 3.61. The largest absolute Gasteiger partial charge is 0.298 e. The molecule has 0 spiro atoms. The van der Waals surface area contributed by atoms with Crippen LogP contribution in [0.5, 0.6) is 0 Å². The van der Waals surface area contributed by atoms with E-state index in [9.17, 15) is 4.79 Å². The smallest absolute Gasteiger partial charge is 0.155 e. The molecule has 0 aliphatic rings. The van der Waals surface area contributed by atoms with E-state index in [-0.39, 0.29) is 0 Å². The molecule has 0 unspecified atom stereocenters. The van der Waals surface area contributed by atoms with E-state index in [1.165, 1.54) is 0 Å². The predicted molar refractivity (Wildman–Crippen MR) is 72.6 cm³/mol. The van der Waals surface area contributed by atoms with Crippen LogP contribution in [0.15, 0.2) is 24.3 Å². The Balaban J connectivity index is 2.31. The highest BCUT2D eigenvalue weighted by Gasteiger charge is 2.14. The van der Waals surface area contributed by atoms with E-state index in [1.54, 1.807) is 4.68 Å². The highest BCUT2D eigenvalue weighted by Crippen LogP contribution is 2.20. The topological polar surface area (TPSA) is 34.9 Å². The van der Waals surface area contributed by atoms with Crippen molar-refractivity contribution in [2.24, 2.45) is 0 Å². The number of hydrogen-bond donors (Lipinski definition) is 0. The number of rotatable bonds is 4. The second kappa shape index (κ2) is 5.55. The third-order valence-corrected chi connectivity index (χ3v) is 3.35. The van der Waals surface area contributed by atoms with E-state index in [1.807, 2.05) is 31.2 Å². The number of carbonyl (C=O) groups is 1. The van der Waals surface area contributed by atoms with Crippen molar-refractivity contribution in [2.75, 3.05) is 0 Å². The molecule has 0 saturated carbocycles. The molecule has 0 aliphatic carbocycles. The molecule has 18 heavy (non-hydrogen) atoms. The van der Waals surface area contributed by atoms with Crippen molar-refractivity contribution in [2.45, 2.75) is 19.9 Å². The summed E-state index contributed by atoms with van der Waals surface area (Å²) in [4.78, 5) is 11.0. The zero-order chi connectivity index (χ0) is 13.1. The number of hydrogen-bond acceptors (Lipinski definition) is 2. The minimum atomic E-state index is 0.386. The molecule has 94 valence electrons. The first-order chi connectivity index (χ1) is 8.65. The fourth-order valence-electron chi connectivity index (χ4n) is 1.75. The van der Waals surface area contributed by atoms with Crippen LogP contribution in [-0.4, -0.2) is 16.1 Å². The van der Waals surface area contributed by atoms with Crippen molar-refractivity contribution in [3.8, 4) is 0 Å². The molecule has 2 aromatic rings. The van der Waals surface area contributed by atoms with Crippen LogP contribution < -0.4 is 0 Å². The Labute approximate surface area is 115 Å². The van der Waals surface area contributed by atoms with E-state index in [0.717, 1.165) is 17.5 Å². The van der Waals surface area contributed by atoms with E-state index in [0.29, 0.717) is 28.7 Å². The average molecular weight is 283 g/mol. The Morgan fingerprint density at radius 3 is 2.44 bits per heavy atom. The first-order valence-electron chi connectivity index (χ1n) is 5.60. The molecule has 1 aromatic carbocycles. The van der Waals surface area contributed by atoms with Crippen LogP contribution in [0, 0.1) is 0 Å². The number of nitrogens with zero attached hydrogens (tertiary/aromatic N) is 2. The van der Waals surface area contributed by atoms with Gasteiger partial charge in [0.1, 0.15) is 5.15 Å². The van der Waals surface area contributed by atoms with Gasteiger partial charge in [-0.2, -0.15) is 5.10 Å². The number of benzene rings is 1. The Bertz CT molecular complexity index is 561. The fourth-order valence-corrected chi connectivity index (χ4v) is 2.12. The molecule has 0 saturated heterocycles. The summed E-state index contributed by atoms with van der Waals surface area (Å²) in [6, 6.07) is 7.45. The molecule has 0 atom stereocenters. The molecular formula is C13H12Cl2N2O. The number of carbonyl (C=O) groups excluding carboxylic acids is 1. The lowest BCUT2D eigenvalue weighted by Gasteiger charge is -2.03. The van der Waals surface area contributed by atoms with Gasteiger partial charge in [-0.3, -0.25) is 4.79 Å². The SMILES string of the molecule is CCc1nn(Cc2ccc(Cl)cc2)c(Cl)c1C=O. The van der Waals surface area contributed by atoms with Gasteiger partial charge in [0.05, 0.1) is 17.8 Å². The molecule has 0 bridgehead atoms. The molecule has 2 rings (SSSR count). The number of aldehydes is 1. The lowest BCUT2D eigenvalue weighted by molar-refractivity contribution is 0.112. The minimum absolute atomic E-state index is 0.386. The van der Waals surface area contributed by atoms with Gasteiger partial charge in [0.25, 0.3) is 0 Å². The van der Waals surface area contributed by atoms with E-state index in [2.05, 4.69) is 5.10 Å². The quantitative estimate of drug-likeness (QED) is 0.803. The van der Waals surface area contributed by atoms with Gasteiger partial charge in [-0.25, -0.2) is 4.68 Å². The maximum absolute atomic E-state index is 11.0. The maximum atomic E-state index is 11.0. The molecule has 0 fully saturated rings. The summed E-state index contributed by atoms with van der Waals surface area (Å²) in [6.45, 7) is 2.47. The molecule has 0 amide bonds. The summed E-state index contributed by atoms with van der Waals surface area (Å²) in [5, 5.41) is 5.41. The zero-order valence-corrected chi connectivity index (χ0v) is 11.4. The lowest BCUT2D eigenvalue weighted by atomic mass is 10.2. The normalized spacial score (nSPS) is 10.6. The molecule has 3 nitrogen and oxygen atoms in total. The first kappa shape index (κ1) is 13.1. The molecule has 1 heterocycles. The van der Waals surface area contributed by atoms with Gasteiger partial charge in [0.15, 0.2) is 6.29 Å². The molecule has 5 heteroatoms. The molecule has 0 N–H and O–H groups in total. The number of aromatic nitrogens is 2. The van der Waals surface area contributed by atoms with Crippen LogP contribution in [0.1, 0.15) is 28.5 Å². The minimum Gasteiger partial charge on any atom is -0.298 e. The lowest BCUT2D eigenvalue weighted by Crippen LogP contribution is -2.02. The van der Waals surface area contributed by atoms with Crippen LogP contribution in [0.3, 0.4) is 0 Å². The fraction of sp³-hybridized carbons (Fsp3) is 0.231. The van der Waals surface area contributed by atoms with Gasteiger partial charge in [0, 0.05) is 5.02 Å². The standard InChI is InChI=1S/C13H12Cl2N2O/c1-2-12-11(8-18)13(15)17(16-12)7-9-3-5-10(14)6-4-9/h3-6,8H,2,7H2,1H3. The van der Waals surface area contributed by atoms with Crippen LogP contribution in [0.25, 0.3) is 0 Å². The van der Waals surface area contributed by atoms with E-state index in [4.69, 9.17) is 23.2 Å². The van der Waals surface area contributed by atoms with Crippen molar-refractivity contribution in [1.29, 1.82) is 0 Å². The van der Waals surface area contributed by atoms with Crippen LogP contribution >= 0.6 is 23.2 Å². The van der Waals surface area contributed by atoms with E-state index >= 15 is 0 Å². The summed E-state index contributed by atoms with van der Waals surface area (Å²) < 4.78 is 1.63. The van der Waals surface area contributed by atoms with Gasteiger partial charge in [0.2, 0.25) is 0 Å². The average Bonchev–Trinajstić information content (AvgIpc) is 2.68. The summed E-state index contributed by atoms with van der Waals surface area (Å²) in [5.74, 6) is 0. The van der Waals surface area contributed by atoms with Crippen LogP contribution in [0.4, 0.5) is 0 Å². The van der Waals surface area contributed by atoms with Crippen molar-refractivity contribution in [1.82, 2.24) is 9.78 Å². The summed E-state index contributed by atoms with van der Waals surface area (Å²) >= 11 is 12.0. The Morgan fingerprint density at radius 2 is 1.94 bits per heavy atom. The van der Waals surface area contributed by atoms with E-state index < -0.39 is 0 Å². The van der Waals surface area contributed by atoms with Gasteiger partial charge in [-0.1, -0.05) is 42.3 Å². The van der Waals surface area contributed by atoms with Crippen molar-refractivity contribution < 1.29 is 4.79 Å². The second-order valence-electron chi connectivity index (χ2n) is 3.91. The molecule has 0 aliphatic heterocycles. The van der Waals surface area contributed by atoms with Gasteiger partial charge in [-0.15, -0.1) is 0 Å². The monoisotopic (exact) mass is 282 g/mol. The van der Waals surface area contributed by atoms with Crippen LogP contribution in [-0.2, 0) is 13.0 Å². The summed E-state index contributed by atoms with van der Waals surface area (Å²) in [5.41, 5.74) is 2.24. The van der Waals surface area contributed by atoms with Gasteiger partial charge in [-0.05, 0) is 24.1 Å². The van der Waals surface area contributed by atoms with Crippen LogP contribution in [0.2, 0.25) is 10.2 Å². The van der Waals surface area contributed by atoms with Crippen molar-refractivity contribution in [3.05, 3.63) is 51.3 Å². The van der Waals surface area contributed by atoms with Gasteiger partial charge < -0.3 is 0 Å². The molecular weight excluding hydrogens is 271 g/mol. The Hall–Kier alpha value is -1.32. The second-order valence-corrected chi connectivity index (χ2v) is 4.70. The van der Waals surface area contributed by atoms with Crippen molar-refractivity contribution >= 4 is 29.5 Å². The highest BCUT2D eigenvalue weighted by atomic mass is 35.5. The van der Waals surface area contributed by atoms with Gasteiger partial charge >= 0.3 is 0 Å². The molecule has 0 radical (unpaired) electrons. The first-order valence-corrected chi connectivity index (χ1v) is 6.36. The Morgan fingerprint density at radius 1 is 1.28 bits per heavy atom. The molecule has 1 aromatic heterocycles.